The van der Waals surface area contributed by atoms with Gasteiger partial charge in [0.05, 0.1) is 0 Å². The van der Waals surface area contributed by atoms with E-state index in [4.69, 9.17) is 0 Å². The van der Waals surface area contributed by atoms with E-state index in [0.29, 0.717) is 11.6 Å². The molecular formula is C27H30N4O. The molecule has 5 rings (SSSR count). The molecule has 1 aromatic heterocycles. The van der Waals surface area contributed by atoms with Gasteiger partial charge in [-0.05, 0) is 74.3 Å². The minimum Gasteiger partial charge on any atom is -0.355 e. The van der Waals surface area contributed by atoms with E-state index in [-0.39, 0.29) is 5.91 Å². The van der Waals surface area contributed by atoms with Crippen LogP contribution in [-0.4, -0.2) is 35.7 Å². The van der Waals surface area contributed by atoms with Crippen LogP contribution in [0.5, 0.6) is 0 Å². The third kappa shape index (κ3) is 4.38. The summed E-state index contributed by atoms with van der Waals surface area (Å²) >= 11 is 0. The number of benzene rings is 2. The molecule has 3 heterocycles. The van der Waals surface area contributed by atoms with Crippen LogP contribution in [0.2, 0.25) is 0 Å². The van der Waals surface area contributed by atoms with Crippen LogP contribution in [0.3, 0.4) is 0 Å². The van der Waals surface area contributed by atoms with Crippen molar-refractivity contribution in [1.29, 1.82) is 0 Å². The number of nitrogens with zero attached hydrogens (tertiary/aromatic N) is 4. The first kappa shape index (κ1) is 20.7. The van der Waals surface area contributed by atoms with E-state index in [1.54, 1.807) is 0 Å². The van der Waals surface area contributed by atoms with E-state index in [0.717, 1.165) is 63.2 Å². The molecule has 32 heavy (non-hydrogen) atoms. The number of piperidine rings is 1. The number of carbonyl (C=O) groups is 1. The zero-order valence-electron chi connectivity index (χ0n) is 18.7. The lowest BCUT2D eigenvalue weighted by Gasteiger charge is -2.32. The summed E-state index contributed by atoms with van der Waals surface area (Å²) < 4.78 is 0. The summed E-state index contributed by atoms with van der Waals surface area (Å²) in [5, 5.41) is 8.75. The monoisotopic (exact) mass is 426 g/mol. The predicted molar refractivity (Wildman–Crippen MR) is 128 cm³/mol. The molecule has 5 nitrogen and oxygen atoms in total. The molecule has 2 aliphatic rings. The molecule has 0 atom stereocenters. The molecule has 1 amide bonds. The average Bonchev–Trinajstić information content (AvgIpc) is 2.84. The number of aryl methyl sites for hydroxylation is 2. The van der Waals surface area contributed by atoms with Gasteiger partial charge in [-0.25, -0.2) is 0 Å². The van der Waals surface area contributed by atoms with E-state index in [1.165, 1.54) is 16.7 Å². The molecule has 0 bridgehead atoms. The molecule has 2 aliphatic heterocycles. The van der Waals surface area contributed by atoms with E-state index in [2.05, 4.69) is 70.6 Å². The Kier molecular flexibility index (Phi) is 5.89. The van der Waals surface area contributed by atoms with Gasteiger partial charge in [0.15, 0.2) is 11.5 Å². The Bertz CT molecular complexity index is 1070. The number of anilines is 2. The Labute approximate surface area is 190 Å². The van der Waals surface area contributed by atoms with Gasteiger partial charge in [0.1, 0.15) is 0 Å². The van der Waals surface area contributed by atoms with Crippen LogP contribution < -0.4 is 9.80 Å². The highest BCUT2D eigenvalue weighted by Crippen LogP contribution is 2.29. The fourth-order valence-corrected chi connectivity index (χ4v) is 5.00. The molecule has 164 valence electrons. The standard InChI is InChI=1S/C27H30N4O/c1-20-9-11-25-23(18-20)8-5-15-31(25)27(32)24-10-12-26(29-28-24)30-16-13-22(14-17-30)19-21-6-3-2-4-7-21/h2-4,6-7,9-12,18,22H,5,8,13-17,19H2,1H3. The SMILES string of the molecule is Cc1ccc2c(c1)CCCN2C(=O)c1ccc(N2CCC(Cc3ccccc3)CC2)nn1. The largest absolute Gasteiger partial charge is 0.355 e. The normalized spacial score (nSPS) is 16.7. The Morgan fingerprint density at radius 1 is 0.969 bits per heavy atom. The number of aromatic nitrogens is 2. The third-order valence-electron chi connectivity index (χ3n) is 6.77. The summed E-state index contributed by atoms with van der Waals surface area (Å²) in [5.74, 6) is 1.52. The highest BCUT2D eigenvalue weighted by molar-refractivity contribution is 6.05. The van der Waals surface area contributed by atoms with Crippen molar-refractivity contribution in [2.45, 2.75) is 39.0 Å². The molecule has 1 saturated heterocycles. The lowest BCUT2D eigenvalue weighted by atomic mass is 9.90. The first-order chi connectivity index (χ1) is 15.7. The molecule has 0 spiro atoms. The molecule has 1 fully saturated rings. The first-order valence-electron chi connectivity index (χ1n) is 11.7. The summed E-state index contributed by atoms with van der Waals surface area (Å²) in [5.41, 5.74) is 5.32. The number of rotatable bonds is 4. The summed E-state index contributed by atoms with van der Waals surface area (Å²) in [4.78, 5) is 17.3. The maximum atomic E-state index is 13.2. The van der Waals surface area contributed by atoms with E-state index >= 15 is 0 Å². The molecule has 0 radical (unpaired) electrons. The molecule has 5 heteroatoms. The zero-order chi connectivity index (χ0) is 21.9. The maximum absolute atomic E-state index is 13.2. The van der Waals surface area contributed by atoms with Crippen LogP contribution in [0.15, 0.2) is 60.7 Å². The minimum absolute atomic E-state index is 0.0598. The number of carbonyl (C=O) groups excluding carboxylic acids is 1. The highest BCUT2D eigenvalue weighted by atomic mass is 16.2. The topological polar surface area (TPSA) is 49.3 Å². The van der Waals surface area contributed by atoms with Crippen LogP contribution in [0.4, 0.5) is 11.5 Å². The Hall–Kier alpha value is -3.21. The van der Waals surface area contributed by atoms with E-state index in [9.17, 15) is 4.79 Å². The molecule has 2 aromatic carbocycles. The average molecular weight is 427 g/mol. The summed E-state index contributed by atoms with van der Waals surface area (Å²) in [7, 11) is 0. The lowest BCUT2D eigenvalue weighted by Crippen LogP contribution is -2.37. The van der Waals surface area contributed by atoms with Crippen molar-refractivity contribution in [3.8, 4) is 0 Å². The molecule has 0 saturated carbocycles. The van der Waals surface area contributed by atoms with Crippen LogP contribution in [0.25, 0.3) is 0 Å². The second-order valence-electron chi connectivity index (χ2n) is 9.09. The summed E-state index contributed by atoms with van der Waals surface area (Å²) in [6.45, 7) is 4.79. The van der Waals surface area contributed by atoms with Gasteiger partial charge in [-0.1, -0.05) is 48.0 Å². The Morgan fingerprint density at radius 3 is 2.53 bits per heavy atom. The quantitative estimate of drug-likeness (QED) is 0.599. The molecule has 0 unspecified atom stereocenters. The van der Waals surface area contributed by atoms with Gasteiger partial charge in [-0.3, -0.25) is 4.79 Å². The van der Waals surface area contributed by atoms with Crippen molar-refractivity contribution < 1.29 is 4.79 Å². The van der Waals surface area contributed by atoms with Crippen molar-refractivity contribution in [3.63, 3.8) is 0 Å². The van der Waals surface area contributed by atoms with Gasteiger partial charge in [-0.15, -0.1) is 10.2 Å². The third-order valence-corrected chi connectivity index (χ3v) is 6.77. The highest BCUT2D eigenvalue weighted by Gasteiger charge is 2.26. The van der Waals surface area contributed by atoms with E-state index < -0.39 is 0 Å². The maximum Gasteiger partial charge on any atom is 0.278 e. The lowest BCUT2D eigenvalue weighted by molar-refractivity contribution is 0.0979. The van der Waals surface area contributed by atoms with Crippen molar-refractivity contribution in [3.05, 3.63) is 83.0 Å². The van der Waals surface area contributed by atoms with Crippen molar-refractivity contribution >= 4 is 17.4 Å². The fraction of sp³-hybridized carbons (Fsp3) is 0.370. The van der Waals surface area contributed by atoms with Crippen molar-refractivity contribution in [2.75, 3.05) is 29.4 Å². The Morgan fingerprint density at radius 2 is 1.78 bits per heavy atom. The molecule has 0 N–H and O–H groups in total. The van der Waals surface area contributed by atoms with Crippen LogP contribution >= 0.6 is 0 Å². The second-order valence-corrected chi connectivity index (χ2v) is 9.09. The minimum atomic E-state index is -0.0598. The number of fused-ring (bicyclic) bond motifs is 1. The van der Waals surface area contributed by atoms with Gasteiger partial charge >= 0.3 is 0 Å². The summed E-state index contributed by atoms with van der Waals surface area (Å²) in [6, 6.07) is 20.9. The number of amides is 1. The van der Waals surface area contributed by atoms with E-state index in [1.807, 2.05) is 17.0 Å². The van der Waals surface area contributed by atoms with Crippen LogP contribution in [-0.2, 0) is 12.8 Å². The molecular weight excluding hydrogens is 396 g/mol. The van der Waals surface area contributed by atoms with Gasteiger partial charge in [-0.2, -0.15) is 0 Å². The summed E-state index contributed by atoms with van der Waals surface area (Å²) in [6.07, 6.45) is 5.45. The first-order valence-corrected chi connectivity index (χ1v) is 11.7. The molecule has 3 aromatic rings. The van der Waals surface area contributed by atoms with Gasteiger partial charge < -0.3 is 9.80 Å². The fourth-order valence-electron chi connectivity index (χ4n) is 5.00. The predicted octanol–water partition coefficient (Wildman–Crippen LogP) is 4.84. The van der Waals surface area contributed by atoms with Crippen molar-refractivity contribution in [1.82, 2.24) is 10.2 Å². The Balaban J connectivity index is 1.22. The number of hydrogen-bond acceptors (Lipinski definition) is 4. The smallest absolute Gasteiger partial charge is 0.278 e. The van der Waals surface area contributed by atoms with Crippen LogP contribution in [0, 0.1) is 12.8 Å². The number of hydrogen-bond donors (Lipinski definition) is 0. The molecule has 0 aliphatic carbocycles. The van der Waals surface area contributed by atoms with Gasteiger partial charge in [0.2, 0.25) is 0 Å². The zero-order valence-corrected chi connectivity index (χ0v) is 18.7. The second kappa shape index (κ2) is 9.11. The van der Waals surface area contributed by atoms with Gasteiger partial charge in [0, 0.05) is 25.3 Å². The van der Waals surface area contributed by atoms with Gasteiger partial charge in [0.25, 0.3) is 5.91 Å². The van der Waals surface area contributed by atoms with Crippen molar-refractivity contribution in [2.24, 2.45) is 5.92 Å². The van der Waals surface area contributed by atoms with Crippen LogP contribution in [0.1, 0.15) is 46.4 Å².